The summed E-state index contributed by atoms with van der Waals surface area (Å²) in [5.74, 6) is 0.442. The van der Waals surface area contributed by atoms with Gasteiger partial charge >= 0.3 is 0 Å². The summed E-state index contributed by atoms with van der Waals surface area (Å²) in [7, 11) is 0. The molecule has 0 spiro atoms. The number of benzene rings is 1. The molecule has 7 nitrogen and oxygen atoms in total. The summed E-state index contributed by atoms with van der Waals surface area (Å²) in [5.41, 5.74) is 2.50. The van der Waals surface area contributed by atoms with Gasteiger partial charge in [0.05, 0.1) is 11.6 Å². The van der Waals surface area contributed by atoms with Crippen molar-refractivity contribution in [2.45, 2.75) is 26.8 Å². The van der Waals surface area contributed by atoms with Gasteiger partial charge in [0.2, 0.25) is 5.91 Å². The van der Waals surface area contributed by atoms with Crippen LogP contribution in [0.15, 0.2) is 36.4 Å². The van der Waals surface area contributed by atoms with Gasteiger partial charge in [0.25, 0.3) is 5.91 Å². The van der Waals surface area contributed by atoms with Crippen LogP contribution >= 0.6 is 0 Å². The number of anilines is 1. The van der Waals surface area contributed by atoms with Gasteiger partial charge in [0, 0.05) is 25.2 Å². The molecule has 7 heteroatoms. The molecule has 2 aromatic rings. The van der Waals surface area contributed by atoms with Gasteiger partial charge < -0.3 is 10.6 Å². The summed E-state index contributed by atoms with van der Waals surface area (Å²) in [6, 6.07) is 11.1. The number of nitrogens with one attached hydrogen (secondary N) is 2. The Labute approximate surface area is 159 Å². The Hall–Kier alpha value is -2.80. The van der Waals surface area contributed by atoms with Crippen molar-refractivity contribution in [3.63, 3.8) is 0 Å². The maximum Gasteiger partial charge on any atom is 0.256 e. The zero-order valence-corrected chi connectivity index (χ0v) is 15.7. The first-order chi connectivity index (χ1) is 13.0. The summed E-state index contributed by atoms with van der Waals surface area (Å²) < 4.78 is 0. The number of carbonyl (C=O) groups excluding carboxylic acids is 2. The molecule has 1 saturated heterocycles. The molecule has 1 aromatic heterocycles. The van der Waals surface area contributed by atoms with Crippen LogP contribution < -0.4 is 10.6 Å². The average Bonchev–Trinajstić information content (AvgIpc) is 3.13. The molecule has 1 atom stereocenters. The van der Waals surface area contributed by atoms with Crippen molar-refractivity contribution in [3.05, 3.63) is 53.2 Å². The number of hydrogen-bond acceptors (Lipinski definition) is 5. The highest BCUT2D eigenvalue weighted by Crippen LogP contribution is 2.19. The Morgan fingerprint density at radius 2 is 1.93 bits per heavy atom. The predicted molar refractivity (Wildman–Crippen MR) is 103 cm³/mol. The minimum atomic E-state index is -0.211. The second-order valence-corrected chi connectivity index (χ2v) is 6.83. The SMILES string of the molecule is CCNC(=O)C1CCN(Cc2ccc(C(=O)Nc3ccc(C)nn3)cc2)C1. The Kier molecular flexibility index (Phi) is 6.13. The zero-order chi connectivity index (χ0) is 19.2. The lowest BCUT2D eigenvalue weighted by molar-refractivity contribution is -0.124. The molecule has 1 fully saturated rings. The van der Waals surface area contributed by atoms with E-state index in [1.807, 2.05) is 38.1 Å². The maximum absolute atomic E-state index is 12.3. The third-order valence-corrected chi connectivity index (χ3v) is 4.66. The van der Waals surface area contributed by atoms with Gasteiger partial charge in [-0.25, -0.2) is 0 Å². The van der Waals surface area contributed by atoms with Gasteiger partial charge in [0.1, 0.15) is 0 Å². The molecule has 0 saturated carbocycles. The summed E-state index contributed by atoms with van der Waals surface area (Å²) in [4.78, 5) is 26.5. The lowest BCUT2D eigenvalue weighted by atomic mass is 10.1. The number of carbonyl (C=O) groups is 2. The Bertz CT molecular complexity index is 789. The maximum atomic E-state index is 12.3. The standard InChI is InChI=1S/C20H25N5O2/c1-3-21-19(26)17-10-11-25(13-17)12-15-5-7-16(8-6-15)20(27)22-18-9-4-14(2)23-24-18/h4-9,17H,3,10-13H2,1-2H3,(H,21,26)(H,22,24,27). The van der Waals surface area contributed by atoms with E-state index in [1.54, 1.807) is 12.1 Å². The van der Waals surface area contributed by atoms with E-state index in [0.717, 1.165) is 37.3 Å². The van der Waals surface area contributed by atoms with Crippen molar-refractivity contribution < 1.29 is 9.59 Å². The number of rotatable bonds is 6. The van der Waals surface area contributed by atoms with Gasteiger partial charge in [-0.15, -0.1) is 5.10 Å². The fourth-order valence-corrected chi connectivity index (χ4v) is 3.18. The molecule has 2 heterocycles. The molecule has 2 N–H and O–H groups in total. The smallest absolute Gasteiger partial charge is 0.256 e. The van der Waals surface area contributed by atoms with Crippen LogP contribution in [0.3, 0.4) is 0 Å². The van der Waals surface area contributed by atoms with Crippen LogP contribution in [0.25, 0.3) is 0 Å². The topological polar surface area (TPSA) is 87.2 Å². The quantitative estimate of drug-likeness (QED) is 0.815. The second kappa shape index (κ2) is 8.73. The average molecular weight is 367 g/mol. The van der Waals surface area contributed by atoms with Crippen LogP contribution in [0.1, 0.15) is 35.0 Å². The Morgan fingerprint density at radius 1 is 1.15 bits per heavy atom. The molecule has 1 aliphatic rings. The van der Waals surface area contributed by atoms with Crippen LogP contribution in [0.2, 0.25) is 0 Å². The number of nitrogens with zero attached hydrogens (tertiary/aromatic N) is 3. The van der Waals surface area contributed by atoms with E-state index < -0.39 is 0 Å². The predicted octanol–water partition coefficient (Wildman–Crippen LogP) is 2.00. The molecule has 2 amide bonds. The van der Waals surface area contributed by atoms with E-state index in [2.05, 4.69) is 25.7 Å². The minimum absolute atomic E-state index is 0.0746. The molecule has 1 unspecified atom stereocenters. The van der Waals surface area contributed by atoms with Crippen molar-refractivity contribution in [1.29, 1.82) is 0 Å². The monoisotopic (exact) mass is 367 g/mol. The van der Waals surface area contributed by atoms with Crippen LogP contribution in [0.5, 0.6) is 0 Å². The number of aromatic nitrogens is 2. The van der Waals surface area contributed by atoms with E-state index in [1.165, 1.54) is 0 Å². The van der Waals surface area contributed by atoms with Crippen LogP contribution in [0, 0.1) is 12.8 Å². The number of aryl methyl sites for hydroxylation is 1. The van der Waals surface area contributed by atoms with Crippen molar-refractivity contribution in [1.82, 2.24) is 20.4 Å². The Balaban J connectivity index is 1.53. The van der Waals surface area contributed by atoms with Crippen molar-refractivity contribution in [2.24, 2.45) is 5.92 Å². The summed E-state index contributed by atoms with van der Waals surface area (Å²) in [5, 5.41) is 13.5. The molecule has 1 aromatic carbocycles. The molecule has 0 aliphatic carbocycles. The van der Waals surface area contributed by atoms with E-state index in [-0.39, 0.29) is 17.7 Å². The van der Waals surface area contributed by atoms with Gasteiger partial charge in [-0.2, -0.15) is 5.10 Å². The fraction of sp³-hybridized carbons (Fsp3) is 0.400. The molecular formula is C20H25N5O2. The molecule has 1 aliphatic heterocycles. The fourth-order valence-electron chi connectivity index (χ4n) is 3.18. The van der Waals surface area contributed by atoms with Crippen LogP contribution in [0.4, 0.5) is 5.82 Å². The first kappa shape index (κ1) is 19.0. The van der Waals surface area contributed by atoms with Crippen molar-refractivity contribution >= 4 is 17.6 Å². The number of likely N-dealkylation sites (tertiary alicyclic amines) is 1. The minimum Gasteiger partial charge on any atom is -0.356 e. The van der Waals surface area contributed by atoms with E-state index in [4.69, 9.17) is 0 Å². The second-order valence-electron chi connectivity index (χ2n) is 6.83. The van der Waals surface area contributed by atoms with Gasteiger partial charge in [-0.1, -0.05) is 12.1 Å². The van der Waals surface area contributed by atoms with Crippen molar-refractivity contribution in [3.8, 4) is 0 Å². The summed E-state index contributed by atoms with van der Waals surface area (Å²) in [6.07, 6.45) is 0.893. The summed E-state index contributed by atoms with van der Waals surface area (Å²) in [6.45, 7) is 6.93. The van der Waals surface area contributed by atoms with Gasteiger partial charge in [-0.05, 0) is 56.6 Å². The van der Waals surface area contributed by atoms with Gasteiger partial charge in [0.15, 0.2) is 5.82 Å². The van der Waals surface area contributed by atoms with E-state index in [9.17, 15) is 9.59 Å². The molecule has 3 rings (SSSR count). The third-order valence-electron chi connectivity index (χ3n) is 4.66. The molecule has 142 valence electrons. The lowest BCUT2D eigenvalue weighted by Gasteiger charge is -2.16. The molecule has 0 radical (unpaired) electrons. The first-order valence-electron chi connectivity index (χ1n) is 9.26. The molecule has 27 heavy (non-hydrogen) atoms. The van der Waals surface area contributed by atoms with Gasteiger partial charge in [-0.3, -0.25) is 14.5 Å². The number of amides is 2. The van der Waals surface area contributed by atoms with Crippen molar-refractivity contribution in [2.75, 3.05) is 25.0 Å². The van der Waals surface area contributed by atoms with Crippen LogP contribution in [-0.4, -0.2) is 46.5 Å². The summed E-state index contributed by atoms with van der Waals surface area (Å²) >= 11 is 0. The highest BCUT2D eigenvalue weighted by atomic mass is 16.2. The Morgan fingerprint density at radius 3 is 2.59 bits per heavy atom. The van der Waals surface area contributed by atoms with E-state index >= 15 is 0 Å². The highest BCUT2D eigenvalue weighted by molar-refractivity contribution is 6.03. The van der Waals surface area contributed by atoms with E-state index in [0.29, 0.717) is 17.9 Å². The normalized spacial score (nSPS) is 16.9. The third kappa shape index (κ3) is 5.10. The number of hydrogen-bond donors (Lipinski definition) is 2. The zero-order valence-electron chi connectivity index (χ0n) is 15.7. The molecular weight excluding hydrogens is 342 g/mol. The lowest BCUT2D eigenvalue weighted by Crippen LogP contribution is -2.32. The largest absolute Gasteiger partial charge is 0.356 e. The van der Waals surface area contributed by atoms with Crippen LogP contribution in [-0.2, 0) is 11.3 Å². The first-order valence-corrected chi connectivity index (χ1v) is 9.26. The molecule has 0 bridgehead atoms. The highest BCUT2D eigenvalue weighted by Gasteiger charge is 2.27.